The van der Waals surface area contributed by atoms with E-state index in [0.29, 0.717) is 6.54 Å². The molecule has 0 aliphatic carbocycles. The van der Waals surface area contributed by atoms with Crippen LogP contribution in [-0.4, -0.2) is 7.11 Å². The molecule has 2 aromatic carbocycles. The maximum Gasteiger partial charge on any atom is 0.131 e. The molecule has 0 aromatic heterocycles. The summed E-state index contributed by atoms with van der Waals surface area (Å²) in [5.41, 5.74) is 7.79. The maximum absolute atomic E-state index is 6.04. The van der Waals surface area contributed by atoms with Crippen molar-refractivity contribution in [1.29, 1.82) is 0 Å². The number of hydrogen-bond acceptors (Lipinski definition) is 3. The van der Waals surface area contributed by atoms with E-state index in [4.69, 9.17) is 15.2 Å². The Bertz CT molecular complexity index is 598. The molecule has 0 saturated heterocycles. The normalized spacial score (nSPS) is 11.3. The average molecular weight is 285 g/mol. The van der Waals surface area contributed by atoms with Gasteiger partial charge in [0.05, 0.1) is 7.11 Å². The lowest BCUT2D eigenvalue weighted by Gasteiger charge is -2.23. The van der Waals surface area contributed by atoms with Gasteiger partial charge in [-0.25, -0.2) is 0 Å². The van der Waals surface area contributed by atoms with Crippen molar-refractivity contribution in [2.24, 2.45) is 5.73 Å². The first-order valence-corrected chi connectivity index (χ1v) is 7.09. The third-order valence-electron chi connectivity index (χ3n) is 3.38. The fourth-order valence-electron chi connectivity index (χ4n) is 2.13. The van der Waals surface area contributed by atoms with Crippen LogP contribution in [0.3, 0.4) is 0 Å². The van der Waals surface area contributed by atoms with E-state index in [9.17, 15) is 0 Å². The van der Waals surface area contributed by atoms with Gasteiger partial charge in [-0.1, -0.05) is 32.9 Å². The summed E-state index contributed by atoms with van der Waals surface area (Å²) >= 11 is 0. The lowest BCUT2D eigenvalue weighted by Crippen LogP contribution is -2.12. The van der Waals surface area contributed by atoms with Crippen molar-refractivity contribution in [3.05, 3.63) is 53.6 Å². The van der Waals surface area contributed by atoms with E-state index in [1.807, 2.05) is 42.5 Å². The van der Waals surface area contributed by atoms with Gasteiger partial charge in [-0.15, -0.1) is 0 Å². The molecule has 2 rings (SSSR count). The Morgan fingerprint density at radius 2 is 1.57 bits per heavy atom. The lowest BCUT2D eigenvalue weighted by molar-refractivity contribution is 0.407. The van der Waals surface area contributed by atoms with E-state index in [0.717, 1.165) is 28.4 Å². The van der Waals surface area contributed by atoms with Gasteiger partial charge in [0, 0.05) is 12.1 Å². The summed E-state index contributed by atoms with van der Waals surface area (Å²) in [6.45, 7) is 7.01. The number of hydrogen-bond donors (Lipinski definition) is 1. The molecule has 0 bridgehead atoms. The minimum absolute atomic E-state index is 0.0267. The third kappa shape index (κ3) is 3.76. The summed E-state index contributed by atoms with van der Waals surface area (Å²) < 4.78 is 11.4. The van der Waals surface area contributed by atoms with E-state index >= 15 is 0 Å². The second-order valence-corrected chi connectivity index (χ2v) is 6.06. The highest BCUT2D eigenvalue weighted by molar-refractivity contribution is 5.46. The highest BCUT2D eigenvalue weighted by atomic mass is 16.5. The van der Waals surface area contributed by atoms with Gasteiger partial charge in [0.2, 0.25) is 0 Å². The average Bonchev–Trinajstić information content (AvgIpc) is 2.47. The summed E-state index contributed by atoms with van der Waals surface area (Å²) in [4.78, 5) is 0. The molecular weight excluding hydrogens is 262 g/mol. The smallest absolute Gasteiger partial charge is 0.131 e. The van der Waals surface area contributed by atoms with E-state index < -0.39 is 0 Å². The maximum atomic E-state index is 6.04. The highest BCUT2D eigenvalue weighted by Crippen LogP contribution is 2.36. The molecular formula is C18H23NO2. The first-order valence-electron chi connectivity index (χ1n) is 7.09. The fraction of sp³-hybridized carbons (Fsp3) is 0.333. The minimum Gasteiger partial charge on any atom is -0.497 e. The van der Waals surface area contributed by atoms with Crippen LogP contribution in [0.4, 0.5) is 0 Å². The monoisotopic (exact) mass is 285 g/mol. The molecule has 112 valence electrons. The SMILES string of the molecule is COc1ccc(Oc2ccc(CN)cc2)c(C(C)(C)C)c1. The molecule has 0 spiro atoms. The van der Waals surface area contributed by atoms with E-state index in [1.165, 1.54) is 0 Å². The molecule has 0 radical (unpaired) electrons. The van der Waals surface area contributed by atoms with Crippen LogP contribution in [0.15, 0.2) is 42.5 Å². The number of methoxy groups -OCH3 is 1. The van der Waals surface area contributed by atoms with Crippen LogP contribution in [0, 0.1) is 0 Å². The van der Waals surface area contributed by atoms with Crippen molar-refractivity contribution in [3.8, 4) is 17.2 Å². The number of rotatable bonds is 4. The topological polar surface area (TPSA) is 44.5 Å². The van der Waals surface area contributed by atoms with E-state index in [1.54, 1.807) is 7.11 Å². The van der Waals surface area contributed by atoms with Crippen LogP contribution in [-0.2, 0) is 12.0 Å². The lowest BCUT2D eigenvalue weighted by atomic mass is 9.86. The molecule has 21 heavy (non-hydrogen) atoms. The first-order chi connectivity index (χ1) is 9.94. The van der Waals surface area contributed by atoms with E-state index in [2.05, 4.69) is 20.8 Å². The molecule has 0 amide bonds. The fourth-order valence-corrected chi connectivity index (χ4v) is 2.13. The Kier molecular flexibility index (Phi) is 4.53. The summed E-state index contributed by atoms with van der Waals surface area (Å²) in [6, 6.07) is 13.8. The summed E-state index contributed by atoms with van der Waals surface area (Å²) in [7, 11) is 1.67. The molecule has 3 nitrogen and oxygen atoms in total. The Morgan fingerprint density at radius 3 is 2.10 bits per heavy atom. The van der Waals surface area contributed by atoms with Crippen molar-refractivity contribution in [1.82, 2.24) is 0 Å². The van der Waals surface area contributed by atoms with Crippen LogP contribution in [0.1, 0.15) is 31.9 Å². The van der Waals surface area contributed by atoms with Gasteiger partial charge in [-0.3, -0.25) is 0 Å². The molecule has 0 aliphatic rings. The van der Waals surface area contributed by atoms with Gasteiger partial charge in [0.25, 0.3) is 0 Å². The van der Waals surface area contributed by atoms with Crippen molar-refractivity contribution < 1.29 is 9.47 Å². The molecule has 0 saturated carbocycles. The van der Waals surface area contributed by atoms with Gasteiger partial charge in [-0.05, 0) is 41.3 Å². The minimum atomic E-state index is -0.0267. The van der Waals surface area contributed by atoms with E-state index in [-0.39, 0.29) is 5.41 Å². The molecule has 2 N–H and O–H groups in total. The zero-order chi connectivity index (χ0) is 15.5. The molecule has 3 heteroatoms. The van der Waals surface area contributed by atoms with Crippen molar-refractivity contribution >= 4 is 0 Å². The molecule has 0 atom stereocenters. The predicted molar refractivity (Wildman–Crippen MR) is 86.1 cm³/mol. The Morgan fingerprint density at radius 1 is 0.952 bits per heavy atom. The van der Waals surface area contributed by atoms with Crippen LogP contribution in [0.25, 0.3) is 0 Å². The molecule has 0 fully saturated rings. The second kappa shape index (κ2) is 6.19. The molecule has 0 aliphatic heterocycles. The Balaban J connectivity index is 2.34. The van der Waals surface area contributed by atoms with Gasteiger partial charge in [0.1, 0.15) is 17.2 Å². The molecule has 0 heterocycles. The third-order valence-corrected chi connectivity index (χ3v) is 3.38. The Labute approximate surface area is 126 Å². The summed E-state index contributed by atoms with van der Waals surface area (Å²) in [5.74, 6) is 2.50. The molecule has 0 unspecified atom stereocenters. The highest BCUT2D eigenvalue weighted by Gasteiger charge is 2.20. The molecule has 2 aromatic rings. The van der Waals surface area contributed by atoms with Crippen LogP contribution >= 0.6 is 0 Å². The van der Waals surface area contributed by atoms with Crippen LogP contribution in [0.2, 0.25) is 0 Å². The largest absolute Gasteiger partial charge is 0.497 e. The zero-order valence-electron chi connectivity index (χ0n) is 13.1. The number of benzene rings is 2. The summed E-state index contributed by atoms with van der Waals surface area (Å²) in [5, 5.41) is 0. The van der Waals surface area contributed by atoms with Crippen molar-refractivity contribution in [2.45, 2.75) is 32.7 Å². The second-order valence-electron chi connectivity index (χ2n) is 6.06. The number of nitrogens with two attached hydrogens (primary N) is 1. The zero-order valence-corrected chi connectivity index (χ0v) is 13.1. The van der Waals surface area contributed by atoms with Crippen molar-refractivity contribution in [3.63, 3.8) is 0 Å². The Hall–Kier alpha value is -2.00. The standard InChI is InChI=1S/C18H23NO2/c1-18(2,3)16-11-15(20-4)9-10-17(16)21-14-7-5-13(12-19)6-8-14/h5-11H,12,19H2,1-4H3. The van der Waals surface area contributed by atoms with Gasteiger partial charge < -0.3 is 15.2 Å². The number of ether oxygens (including phenoxy) is 2. The first kappa shape index (κ1) is 15.4. The van der Waals surface area contributed by atoms with Gasteiger partial charge in [-0.2, -0.15) is 0 Å². The predicted octanol–water partition coefficient (Wildman–Crippen LogP) is 4.24. The van der Waals surface area contributed by atoms with Crippen LogP contribution in [0.5, 0.6) is 17.2 Å². The quantitative estimate of drug-likeness (QED) is 0.913. The van der Waals surface area contributed by atoms with Crippen molar-refractivity contribution in [2.75, 3.05) is 7.11 Å². The van der Waals surface area contributed by atoms with Gasteiger partial charge >= 0.3 is 0 Å². The van der Waals surface area contributed by atoms with Gasteiger partial charge in [0.15, 0.2) is 0 Å². The summed E-state index contributed by atoms with van der Waals surface area (Å²) in [6.07, 6.45) is 0. The van der Waals surface area contributed by atoms with Crippen LogP contribution < -0.4 is 15.2 Å².